The van der Waals surface area contributed by atoms with E-state index in [1.165, 1.54) is 0 Å². The van der Waals surface area contributed by atoms with Crippen molar-refractivity contribution >= 4 is 69.8 Å². The van der Waals surface area contributed by atoms with Crippen LogP contribution in [0.5, 0.6) is 0 Å². The molecule has 0 unspecified atom stereocenters. The van der Waals surface area contributed by atoms with Crippen LogP contribution in [0.3, 0.4) is 0 Å². The van der Waals surface area contributed by atoms with Crippen molar-refractivity contribution in [3.8, 4) is 11.5 Å². The Bertz CT molecular complexity index is 1650. The number of H-pyrrole nitrogens is 1. The number of pyridine rings is 1. The number of fused-ring (bicyclic) bond motifs is 1. The van der Waals surface area contributed by atoms with Crippen molar-refractivity contribution in [2.75, 3.05) is 35.1 Å². The topological polar surface area (TPSA) is 108 Å². The minimum atomic E-state index is -0.221. The third-order valence-corrected chi connectivity index (χ3v) is 6.97. The van der Waals surface area contributed by atoms with Gasteiger partial charge in [0.15, 0.2) is 5.82 Å². The number of carbonyl (C=O) groups is 2. The first kappa shape index (κ1) is 30.9. The Balaban J connectivity index is 0.00000405. The first-order chi connectivity index (χ1) is 19.9. The number of anilines is 2. The lowest BCUT2D eigenvalue weighted by Gasteiger charge is -2.22. The lowest BCUT2D eigenvalue weighted by atomic mass is 10.1. The van der Waals surface area contributed by atoms with Crippen molar-refractivity contribution in [1.29, 1.82) is 0 Å². The van der Waals surface area contributed by atoms with E-state index in [4.69, 9.17) is 28.2 Å². The molecular weight excluding hydrogens is 597 g/mol. The molecule has 218 valence electrons. The normalized spacial score (nSPS) is 10.7. The highest BCUT2D eigenvalue weighted by atomic mass is 35.5. The molecule has 2 amide bonds. The number of aromatic nitrogens is 4. The summed E-state index contributed by atoms with van der Waals surface area (Å²) in [5.74, 6) is 1.19. The molecule has 0 aliphatic rings. The molecule has 0 spiro atoms. The van der Waals surface area contributed by atoms with E-state index in [-0.39, 0.29) is 24.2 Å². The van der Waals surface area contributed by atoms with Crippen LogP contribution in [0.2, 0.25) is 0 Å². The zero-order valence-electron chi connectivity index (χ0n) is 22.8. The van der Waals surface area contributed by atoms with Crippen LogP contribution in [0.15, 0.2) is 79.3 Å². The number of carbonyl (C=O) groups excluding carboxylic acids is 2. The maximum Gasteiger partial charge on any atom is 0.255 e. The summed E-state index contributed by atoms with van der Waals surface area (Å²) in [6.07, 6.45) is 5.24. The first-order valence-corrected chi connectivity index (χ1v) is 14.1. The summed E-state index contributed by atoms with van der Waals surface area (Å²) < 4.78 is 1.88. The summed E-state index contributed by atoms with van der Waals surface area (Å²) in [7, 11) is 1.88. The molecule has 2 aromatic carbocycles. The van der Waals surface area contributed by atoms with Gasteiger partial charge in [-0.05, 0) is 60.2 Å². The molecule has 0 saturated carbocycles. The molecule has 3 heterocycles. The molecule has 12 heteroatoms. The van der Waals surface area contributed by atoms with Crippen LogP contribution >= 0.6 is 35.6 Å². The molecule has 0 bridgehead atoms. The summed E-state index contributed by atoms with van der Waals surface area (Å²) in [4.78, 5) is 39.8. The van der Waals surface area contributed by atoms with E-state index < -0.39 is 0 Å². The lowest BCUT2D eigenvalue weighted by Crippen LogP contribution is -2.27. The van der Waals surface area contributed by atoms with Gasteiger partial charge in [0.25, 0.3) is 11.8 Å². The average Bonchev–Trinajstić information content (AvgIpc) is 3.58. The maximum absolute atomic E-state index is 12.9. The molecule has 5 aromatic rings. The van der Waals surface area contributed by atoms with E-state index in [0.29, 0.717) is 59.5 Å². The van der Waals surface area contributed by atoms with E-state index in [9.17, 15) is 9.59 Å². The highest BCUT2D eigenvalue weighted by Gasteiger charge is 2.15. The smallest absolute Gasteiger partial charge is 0.255 e. The van der Waals surface area contributed by atoms with Gasteiger partial charge in [0.05, 0.1) is 22.4 Å². The largest absolute Gasteiger partial charge is 0.369 e. The average molecular weight is 627 g/mol. The van der Waals surface area contributed by atoms with Gasteiger partial charge >= 0.3 is 0 Å². The van der Waals surface area contributed by atoms with E-state index in [1.54, 1.807) is 36.7 Å². The highest BCUT2D eigenvalue weighted by molar-refractivity contribution is 6.18. The fourth-order valence-electron chi connectivity index (χ4n) is 4.52. The Morgan fingerprint density at radius 2 is 1.71 bits per heavy atom. The van der Waals surface area contributed by atoms with Gasteiger partial charge in [-0.2, -0.15) is 0 Å². The number of amides is 2. The number of alkyl halides is 2. The Labute approximate surface area is 259 Å². The molecule has 0 atom stereocenters. The third-order valence-electron chi connectivity index (χ3n) is 6.63. The van der Waals surface area contributed by atoms with Crippen molar-refractivity contribution in [2.24, 2.45) is 7.05 Å². The zero-order valence-corrected chi connectivity index (χ0v) is 25.1. The number of benzene rings is 2. The van der Waals surface area contributed by atoms with Crippen LogP contribution in [0.1, 0.15) is 26.3 Å². The summed E-state index contributed by atoms with van der Waals surface area (Å²) >= 11 is 11.8. The third kappa shape index (κ3) is 7.23. The van der Waals surface area contributed by atoms with Crippen LogP contribution < -0.4 is 15.5 Å². The SMILES string of the molecule is Cl.Cn1cc(NC(=O)c2ccc(N(CCCl)CCCl)cc2)cc1-c1nc2cc(C(=O)NCc3cccnc3)ccc2[nH]1. The number of hydrogen-bond acceptors (Lipinski definition) is 5. The Kier molecular flexibility index (Phi) is 10.5. The fourth-order valence-corrected chi connectivity index (χ4v) is 4.93. The second kappa shape index (κ2) is 14.2. The predicted octanol–water partition coefficient (Wildman–Crippen LogP) is 5.85. The molecule has 5 rings (SSSR count). The van der Waals surface area contributed by atoms with Gasteiger partial charge in [-0.3, -0.25) is 14.6 Å². The molecule has 3 N–H and O–H groups in total. The predicted molar refractivity (Wildman–Crippen MR) is 171 cm³/mol. The molecule has 42 heavy (non-hydrogen) atoms. The monoisotopic (exact) mass is 625 g/mol. The van der Waals surface area contributed by atoms with E-state index in [0.717, 1.165) is 22.5 Å². The van der Waals surface area contributed by atoms with E-state index in [1.807, 2.05) is 54.2 Å². The quantitative estimate of drug-likeness (QED) is 0.159. The van der Waals surface area contributed by atoms with Crippen LogP contribution in [0, 0.1) is 0 Å². The highest BCUT2D eigenvalue weighted by Crippen LogP contribution is 2.26. The Morgan fingerprint density at radius 3 is 2.40 bits per heavy atom. The van der Waals surface area contributed by atoms with Gasteiger partial charge in [-0.1, -0.05) is 6.07 Å². The standard InChI is InChI=1S/C30H29Cl2N7O2.ClH/c1-38-19-23(35-30(41)21-4-7-24(8-5-21)39(13-10-31)14-11-32)16-27(38)28-36-25-9-6-22(15-26(25)37-28)29(40)34-18-20-3-2-12-33-17-20;/h2-9,12,15-17,19H,10-11,13-14,18H2,1H3,(H,34,40)(H,35,41)(H,36,37);1H. The van der Waals surface area contributed by atoms with Gasteiger partial charge in [0, 0.05) is 73.8 Å². The Morgan fingerprint density at radius 1 is 0.976 bits per heavy atom. The number of nitrogens with one attached hydrogen (secondary N) is 3. The molecule has 0 aliphatic carbocycles. The summed E-state index contributed by atoms with van der Waals surface area (Å²) in [5, 5.41) is 5.87. The van der Waals surface area contributed by atoms with Gasteiger partial charge in [-0.25, -0.2) is 4.98 Å². The maximum atomic E-state index is 12.9. The van der Waals surface area contributed by atoms with Crippen molar-refractivity contribution in [3.63, 3.8) is 0 Å². The summed E-state index contributed by atoms with van der Waals surface area (Å²) in [6.45, 7) is 1.74. The zero-order chi connectivity index (χ0) is 28.8. The van der Waals surface area contributed by atoms with Crippen molar-refractivity contribution < 1.29 is 9.59 Å². The van der Waals surface area contributed by atoms with Gasteiger partial charge in [0.2, 0.25) is 0 Å². The number of imidazole rings is 1. The van der Waals surface area contributed by atoms with Crippen molar-refractivity contribution in [2.45, 2.75) is 6.54 Å². The van der Waals surface area contributed by atoms with E-state index >= 15 is 0 Å². The molecule has 3 aromatic heterocycles. The summed E-state index contributed by atoms with van der Waals surface area (Å²) in [5.41, 5.74) is 5.82. The van der Waals surface area contributed by atoms with Crippen LogP contribution in [-0.2, 0) is 13.6 Å². The number of aromatic amines is 1. The van der Waals surface area contributed by atoms with Crippen LogP contribution in [0.25, 0.3) is 22.6 Å². The van der Waals surface area contributed by atoms with Crippen LogP contribution in [0.4, 0.5) is 11.4 Å². The van der Waals surface area contributed by atoms with Crippen LogP contribution in [-0.4, -0.2) is 56.2 Å². The van der Waals surface area contributed by atoms with Gasteiger partial charge in [-0.15, -0.1) is 35.6 Å². The summed E-state index contributed by atoms with van der Waals surface area (Å²) in [6, 6.07) is 18.3. The van der Waals surface area contributed by atoms with Crippen molar-refractivity contribution in [1.82, 2.24) is 24.8 Å². The number of rotatable bonds is 11. The van der Waals surface area contributed by atoms with Gasteiger partial charge < -0.3 is 25.1 Å². The first-order valence-electron chi connectivity index (χ1n) is 13.1. The molecule has 0 radical (unpaired) electrons. The molecule has 0 aliphatic heterocycles. The van der Waals surface area contributed by atoms with Gasteiger partial charge in [0.1, 0.15) is 0 Å². The number of halogens is 3. The molecule has 9 nitrogen and oxygen atoms in total. The molecule has 0 fully saturated rings. The molecule has 0 saturated heterocycles. The number of nitrogens with zero attached hydrogens (tertiary/aromatic N) is 4. The Hall–Kier alpha value is -4.05. The second-order valence-electron chi connectivity index (χ2n) is 9.45. The minimum absolute atomic E-state index is 0. The lowest BCUT2D eigenvalue weighted by molar-refractivity contribution is 0.0950. The van der Waals surface area contributed by atoms with Crippen molar-refractivity contribution in [3.05, 3.63) is 95.9 Å². The van der Waals surface area contributed by atoms with E-state index in [2.05, 4.69) is 25.5 Å². The second-order valence-corrected chi connectivity index (χ2v) is 10.2. The minimum Gasteiger partial charge on any atom is -0.369 e. The number of hydrogen-bond donors (Lipinski definition) is 3. The molecular formula is C30H30Cl3N7O2. The fraction of sp³-hybridized carbons (Fsp3) is 0.200. The number of aryl methyl sites for hydroxylation is 1.